The summed E-state index contributed by atoms with van der Waals surface area (Å²) < 4.78 is 0. The lowest BCUT2D eigenvalue weighted by Crippen LogP contribution is -1.76. The zero-order chi connectivity index (χ0) is 8.84. The van der Waals surface area contributed by atoms with E-state index < -0.39 is 0 Å². The lowest BCUT2D eigenvalue weighted by atomic mass is 10.0. The van der Waals surface area contributed by atoms with Gasteiger partial charge in [0.15, 0.2) is 0 Å². The highest BCUT2D eigenvalue weighted by atomic mass is 14.2. The summed E-state index contributed by atoms with van der Waals surface area (Å²) in [5.74, 6) is 0. The smallest absolute Gasteiger partial charge is 0.00135 e. The molecule has 2 aromatic rings. The van der Waals surface area contributed by atoms with Gasteiger partial charge in [-0.05, 0) is 33.9 Å². The largest absolute Gasteiger partial charge is 0.0984 e. The predicted molar refractivity (Wildman–Crippen MR) is 56.8 cm³/mol. The molecule has 0 amide bonds. The van der Waals surface area contributed by atoms with Crippen LogP contribution in [0.1, 0.15) is 16.7 Å². The Morgan fingerprint density at radius 3 is 2.92 bits per heavy atom. The van der Waals surface area contributed by atoms with Crippen molar-refractivity contribution in [1.82, 2.24) is 0 Å². The number of hydrogen-bond donors (Lipinski definition) is 0. The van der Waals surface area contributed by atoms with E-state index in [-0.39, 0.29) is 0 Å². The summed E-state index contributed by atoms with van der Waals surface area (Å²) in [5.41, 5.74) is 4.29. The number of benzene rings is 2. The molecule has 0 nitrogen and oxygen atoms in total. The van der Waals surface area contributed by atoms with E-state index in [1.165, 1.54) is 33.9 Å². The van der Waals surface area contributed by atoms with Crippen molar-refractivity contribution in [3.63, 3.8) is 0 Å². The van der Waals surface area contributed by atoms with Crippen molar-refractivity contribution < 1.29 is 0 Å². The Morgan fingerprint density at radius 1 is 1.15 bits per heavy atom. The maximum atomic E-state index is 3.85. The molecule has 0 heteroatoms. The molecule has 2 aromatic carbocycles. The van der Waals surface area contributed by atoms with Crippen molar-refractivity contribution in [3.05, 3.63) is 53.6 Å². The Morgan fingerprint density at radius 2 is 2.08 bits per heavy atom. The molecule has 0 saturated carbocycles. The van der Waals surface area contributed by atoms with Gasteiger partial charge in [-0.25, -0.2) is 0 Å². The zero-order valence-corrected chi connectivity index (χ0v) is 7.38. The normalized spacial score (nSPS) is 12.6. The van der Waals surface area contributed by atoms with Crippen LogP contribution in [0.5, 0.6) is 0 Å². The third-order valence-electron chi connectivity index (χ3n) is 2.74. The van der Waals surface area contributed by atoms with Gasteiger partial charge in [0.1, 0.15) is 0 Å². The first kappa shape index (κ1) is 6.90. The molecule has 0 atom stereocenters. The quantitative estimate of drug-likeness (QED) is 0.520. The SMILES string of the molecule is C=Cc1cccc2ccc3c(c12)C3. The third kappa shape index (κ3) is 0.858. The first-order chi connectivity index (χ1) is 6.40. The molecule has 0 saturated heterocycles. The van der Waals surface area contributed by atoms with Crippen molar-refractivity contribution >= 4 is 16.8 Å². The van der Waals surface area contributed by atoms with E-state index in [0.717, 1.165) is 0 Å². The first-order valence-electron chi connectivity index (χ1n) is 4.56. The Kier molecular flexibility index (Phi) is 1.18. The van der Waals surface area contributed by atoms with E-state index in [0.29, 0.717) is 0 Å². The second-order valence-electron chi connectivity index (χ2n) is 3.53. The van der Waals surface area contributed by atoms with Crippen LogP contribution < -0.4 is 0 Å². The molecular weight excluding hydrogens is 156 g/mol. The molecule has 0 fully saturated rings. The highest BCUT2D eigenvalue weighted by Crippen LogP contribution is 2.37. The lowest BCUT2D eigenvalue weighted by Gasteiger charge is -2.00. The van der Waals surface area contributed by atoms with Crippen molar-refractivity contribution in [2.75, 3.05) is 0 Å². The minimum absolute atomic E-state index is 1.17. The highest BCUT2D eigenvalue weighted by molar-refractivity contribution is 5.96. The molecule has 0 radical (unpaired) electrons. The van der Waals surface area contributed by atoms with Crippen molar-refractivity contribution in [1.29, 1.82) is 0 Å². The topological polar surface area (TPSA) is 0 Å². The maximum Gasteiger partial charge on any atom is -0.00135 e. The molecule has 0 aliphatic heterocycles. The summed E-state index contributed by atoms with van der Waals surface area (Å²) in [7, 11) is 0. The van der Waals surface area contributed by atoms with Crippen molar-refractivity contribution in [2.45, 2.75) is 6.42 Å². The average Bonchev–Trinajstić information content (AvgIpc) is 2.95. The van der Waals surface area contributed by atoms with Crippen LogP contribution in [0.15, 0.2) is 36.9 Å². The molecule has 0 aromatic heterocycles. The van der Waals surface area contributed by atoms with Crippen LogP contribution in [0.25, 0.3) is 16.8 Å². The summed E-state index contributed by atoms with van der Waals surface area (Å²) in [4.78, 5) is 0. The molecule has 1 aliphatic carbocycles. The van der Waals surface area contributed by atoms with Crippen LogP contribution in [0.2, 0.25) is 0 Å². The van der Waals surface area contributed by atoms with Crippen molar-refractivity contribution in [2.24, 2.45) is 0 Å². The second-order valence-corrected chi connectivity index (χ2v) is 3.53. The summed E-state index contributed by atoms with van der Waals surface area (Å²) in [6.45, 7) is 3.85. The fraction of sp³-hybridized carbons (Fsp3) is 0.0769. The number of hydrogen-bond acceptors (Lipinski definition) is 0. The molecule has 0 heterocycles. The molecule has 13 heavy (non-hydrogen) atoms. The summed E-state index contributed by atoms with van der Waals surface area (Å²) in [6.07, 6.45) is 3.12. The third-order valence-corrected chi connectivity index (χ3v) is 2.74. The highest BCUT2D eigenvalue weighted by Gasteiger charge is 2.20. The van der Waals surface area contributed by atoms with Gasteiger partial charge in [-0.3, -0.25) is 0 Å². The van der Waals surface area contributed by atoms with E-state index in [2.05, 4.69) is 36.9 Å². The maximum absolute atomic E-state index is 3.85. The molecule has 1 aliphatic rings. The molecule has 0 unspecified atom stereocenters. The van der Waals surface area contributed by atoms with Gasteiger partial charge in [-0.15, -0.1) is 0 Å². The predicted octanol–water partition coefficient (Wildman–Crippen LogP) is 3.39. The lowest BCUT2D eigenvalue weighted by molar-refractivity contribution is 1.61. The molecular formula is C13H10. The Balaban J connectivity index is 2.52. The Bertz CT molecular complexity index is 507. The average molecular weight is 166 g/mol. The van der Waals surface area contributed by atoms with E-state index in [9.17, 15) is 0 Å². The Hall–Kier alpha value is -1.56. The first-order valence-corrected chi connectivity index (χ1v) is 4.56. The van der Waals surface area contributed by atoms with Gasteiger partial charge in [0.2, 0.25) is 0 Å². The van der Waals surface area contributed by atoms with E-state index in [1.54, 1.807) is 0 Å². The van der Waals surface area contributed by atoms with E-state index >= 15 is 0 Å². The monoisotopic (exact) mass is 166 g/mol. The summed E-state index contributed by atoms with van der Waals surface area (Å²) in [5, 5.41) is 2.75. The number of rotatable bonds is 1. The second kappa shape index (κ2) is 2.23. The summed E-state index contributed by atoms with van der Waals surface area (Å²) in [6, 6.07) is 10.8. The van der Waals surface area contributed by atoms with Gasteiger partial charge >= 0.3 is 0 Å². The van der Waals surface area contributed by atoms with Gasteiger partial charge in [-0.1, -0.05) is 43.0 Å². The molecule has 0 bridgehead atoms. The van der Waals surface area contributed by atoms with Gasteiger partial charge in [0, 0.05) is 0 Å². The van der Waals surface area contributed by atoms with E-state index in [4.69, 9.17) is 0 Å². The molecule has 3 rings (SSSR count). The van der Waals surface area contributed by atoms with Gasteiger partial charge in [0.25, 0.3) is 0 Å². The fourth-order valence-corrected chi connectivity index (χ4v) is 1.99. The molecule has 62 valence electrons. The molecule has 0 N–H and O–H groups in total. The standard InChI is InChI=1S/C13H10/c1-2-9-4-3-5-10-6-7-11-8-12(11)13(9)10/h2-7H,1,8H2. The van der Waals surface area contributed by atoms with Gasteiger partial charge in [-0.2, -0.15) is 0 Å². The minimum atomic E-state index is 1.17. The number of fused-ring (bicyclic) bond motifs is 3. The minimum Gasteiger partial charge on any atom is -0.0984 e. The van der Waals surface area contributed by atoms with Crippen molar-refractivity contribution in [3.8, 4) is 0 Å². The summed E-state index contributed by atoms with van der Waals surface area (Å²) >= 11 is 0. The van der Waals surface area contributed by atoms with E-state index in [1.807, 2.05) is 6.08 Å². The zero-order valence-electron chi connectivity index (χ0n) is 7.38. The van der Waals surface area contributed by atoms with Gasteiger partial charge in [0.05, 0.1) is 0 Å². The van der Waals surface area contributed by atoms with Crippen LogP contribution in [0.3, 0.4) is 0 Å². The Labute approximate surface area is 77.5 Å². The van der Waals surface area contributed by atoms with Crippen LogP contribution in [-0.2, 0) is 6.42 Å². The van der Waals surface area contributed by atoms with Crippen LogP contribution in [-0.4, -0.2) is 0 Å². The molecule has 0 spiro atoms. The van der Waals surface area contributed by atoms with Gasteiger partial charge < -0.3 is 0 Å². The van der Waals surface area contributed by atoms with Crippen LogP contribution in [0, 0.1) is 0 Å². The van der Waals surface area contributed by atoms with Crippen LogP contribution >= 0.6 is 0 Å². The fourth-order valence-electron chi connectivity index (χ4n) is 1.99. The van der Waals surface area contributed by atoms with Crippen LogP contribution in [0.4, 0.5) is 0 Å².